The molecule has 2 atom stereocenters. The normalized spacial score (nSPS) is 19.5. The number of aliphatic carboxylic acids is 1. The number of halogens is 1. The molecule has 4 rings (SSSR count). The molecule has 1 saturated heterocycles. The number of carboxylic acids is 1. The molecule has 2 heterocycles. The first-order valence-electron chi connectivity index (χ1n) is 10.0. The van der Waals surface area contributed by atoms with Crippen LogP contribution in [0.15, 0.2) is 65.9 Å². The Morgan fingerprint density at radius 2 is 1.82 bits per heavy atom. The Balaban J connectivity index is 1.41. The molecule has 2 amide bonds. The minimum Gasteiger partial charge on any atom is -0.477 e. The second kappa shape index (κ2) is 10.0. The fourth-order valence-corrected chi connectivity index (χ4v) is 6.06. The van der Waals surface area contributed by atoms with Crippen molar-refractivity contribution in [3.8, 4) is 0 Å². The van der Waals surface area contributed by atoms with Gasteiger partial charge in [0, 0.05) is 22.1 Å². The van der Waals surface area contributed by atoms with E-state index in [1.807, 2.05) is 6.07 Å². The molecule has 0 bridgehead atoms. The monoisotopic (exact) mass is 502 g/mol. The van der Waals surface area contributed by atoms with Crippen LogP contribution in [0.3, 0.4) is 0 Å². The number of benzene rings is 2. The van der Waals surface area contributed by atoms with Crippen molar-refractivity contribution in [1.29, 1.82) is 0 Å². The molecule has 2 aromatic rings. The molecular weight excluding hydrogens is 484 g/mol. The van der Waals surface area contributed by atoms with E-state index in [1.165, 1.54) is 16.7 Å². The maximum atomic E-state index is 12.8. The van der Waals surface area contributed by atoms with Gasteiger partial charge in [0.05, 0.1) is 6.42 Å². The summed E-state index contributed by atoms with van der Waals surface area (Å²) in [5.74, 6) is -1.49. The number of fused-ring (bicyclic) bond motifs is 1. The number of carboxylic acid groups (broad SMARTS) is 1. The Hall–Kier alpha value is -2.75. The molecule has 170 valence electrons. The molecule has 0 spiro atoms. The molecular formula is C23H19ClN2O5S2. The Bertz CT molecular complexity index is 1140. The molecule has 0 aliphatic carbocycles. The highest BCUT2D eigenvalue weighted by atomic mass is 35.5. The van der Waals surface area contributed by atoms with Gasteiger partial charge in [-0.05, 0) is 23.3 Å². The predicted molar refractivity (Wildman–Crippen MR) is 128 cm³/mol. The van der Waals surface area contributed by atoms with Crippen molar-refractivity contribution >= 4 is 58.0 Å². The first-order chi connectivity index (χ1) is 15.8. The van der Waals surface area contributed by atoms with E-state index in [0.29, 0.717) is 21.9 Å². The number of β-lactam (4-membered cyclic amide) rings is 1. The second-order valence-corrected chi connectivity index (χ2v) is 9.95. The summed E-state index contributed by atoms with van der Waals surface area (Å²) in [4.78, 5) is 50.7. The first kappa shape index (κ1) is 23.4. The fraction of sp³-hybridized carbons (Fsp3) is 0.217. The molecule has 2 N–H and O–H groups in total. The van der Waals surface area contributed by atoms with Crippen molar-refractivity contribution in [2.45, 2.75) is 17.8 Å². The summed E-state index contributed by atoms with van der Waals surface area (Å²) in [6.45, 7) is 0. The minimum absolute atomic E-state index is 0.0868. The number of thioether (sulfide) groups is 2. The lowest BCUT2D eigenvalue weighted by Gasteiger charge is -2.49. The number of hydrogen-bond donors (Lipinski definition) is 2. The number of nitrogens with one attached hydrogen (secondary N) is 1. The van der Waals surface area contributed by atoms with Crippen molar-refractivity contribution in [1.82, 2.24) is 10.2 Å². The summed E-state index contributed by atoms with van der Waals surface area (Å²) in [7, 11) is 0. The van der Waals surface area contributed by atoms with Crippen LogP contribution in [0, 0.1) is 0 Å². The summed E-state index contributed by atoms with van der Waals surface area (Å²) in [6.07, 6.45) is 0.0868. The van der Waals surface area contributed by atoms with Gasteiger partial charge < -0.3 is 10.4 Å². The number of carbonyl (C=O) groups excluding carboxylic acids is 3. The van der Waals surface area contributed by atoms with Crippen LogP contribution in [0.5, 0.6) is 0 Å². The Labute approximate surface area is 203 Å². The third-order valence-electron chi connectivity index (χ3n) is 5.23. The van der Waals surface area contributed by atoms with E-state index >= 15 is 0 Å². The fourth-order valence-electron chi connectivity index (χ4n) is 3.62. The minimum atomic E-state index is -1.22. The average Bonchev–Trinajstić information content (AvgIpc) is 2.82. The maximum absolute atomic E-state index is 12.8. The predicted octanol–water partition coefficient (Wildman–Crippen LogP) is 3.19. The van der Waals surface area contributed by atoms with Crippen LogP contribution in [0.1, 0.15) is 15.9 Å². The molecule has 2 aliphatic heterocycles. The van der Waals surface area contributed by atoms with E-state index in [2.05, 4.69) is 5.32 Å². The van der Waals surface area contributed by atoms with Gasteiger partial charge >= 0.3 is 5.97 Å². The molecule has 0 aromatic heterocycles. The Morgan fingerprint density at radius 3 is 2.48 bits per heavy atom. The van der Waals surface area contributed by atoms with E-state index in [4.69, 9.17) is 11.6 Å². The van der Waals surface area contributed by atoms with E-state index in [-0.39, 0.29) is 28.9 Å². The van der Waals surface area contributed by atoms with Crippen molar-refractivity contribution in [3.63, 3.8) is 0 Å². The van der Waals surface area contributed by atoms with Gasteiger partial charge in [-0.1, -0.05) is 65.8 Å². The molecule has 2 aliphatic rings. The van der Waals surface area contributed by atoms with E-state index in [0.717, 1.165) is 17.3 Å². The van der Waals surface area contributed by atoms with Gasteiger partial charge in [0.15, 0.2) is 0 Å². The maximum Gasteiger partial charge on any atom is 0.352 e. The Morgan fingerprint density at radius 1 is 1.12 bits per heavy atom. The molecule has 0 radical (unpaired) electrons. The van der Waals surface area contributed by atoms with Crippen molar-refractivity contribution in [2.75, 3.05) is 11.5 Å². The lowest BCUT2D eigenvalue weighted by molar-refractivity contribution is -0.150. The molecule has 2 aromatic carbocycles. The highest BCUT2D eigenvalue weighted by Gasteiger charge is 2.54. The van der Waals surface area contributed by atoms with Crippen LogP contribution >= 0.6 is 35.1 Å². The summed E-state index contributed by atoms with van der Waals surface area (Å²) >= 11 is 8.24. The number of amides is 2. The molecule has 7 nitrogen and oxygen atoms in total. The van der Waals surface area contributed by atoms with E-state index < -0.39 is 23.3 Å². The molecule has 10 heteroatoms. The zero-order valence-corrected chi connectivity index (χ0v) is 19.6. The smallest absolute Gasteiger partial charge is 0.352 e. The van der Waals surface area contributed by atoms with Crippen LogP contribution in [0.2, 0.25) is 5.02 Å². The quantitative estimate of drug-likeness (QED) is 0.560. The van der Waals surface area contributed by atoms with Crippen molar-refractivity contribution < 1.29 is 24.3 Å². The molecule has 1 fully saturated rings. The van der Waals surface area contributed by atoms with Crippen LogP contribution in [-0.2, 0) is 20.8 Å². The Kier molecular flexibility index (Phi) is 7.11. The average molecular weight is 503 g/mol. The van der Waals surface area contributed by atoms with Crippen LogP contribution in [-0.4, -0.2) is 55.8 Å². The zero-order chi connectivity index (χ0) is 23.5. The molecule has 0 unspecified atom stereocenters. The highest BCUT2D eigenvalue weighted by Crippen LogP contribution is 2.41. The van der Waals surface area contributed by atoms with Gasteiger partial charge in [-0.25, -0.2) is 4.79 Å². The second-order valence-electron chi connectivity index (χ2n) is 7.46. The van der Waals surface area contributed by atoms with E-state index in [9.17, 15) is 24.3 Å². The van der Waals surface area contributed by atoms with Crippen LogP contribution in [0.25, 0.3) is 0 Å². The van der Waals surface area contributed by atoms with Gasteiger partial charge in [0.2, 0.25) is 11.0 Å². The van der Waals surface area contributed by atoms with Crippen LogP contribution < -0.4 is 5.32 Å². The largest absolute Gasteiger partial charge is 0.477 e. The van der Waals surface area contributed by atoms with E-state index in [1.54, 1.807) is 48.5 Å². The number of nitrogens with zero attached hydrogens (tertiary/aromatic N) is 1. The lowest BCUT2D eigenvalue weighted by Crippen LogP contribution is -2.70. The van der Waals surface area contributed by atoms with Crippen molar-refractivity contribution in [2.24, 2.45) is 0 Å². The standard InChI is InChI=1S/C23H19ClN2O5S2/c24-16-8-6-13(7-9-16)10-17(27)25-18-20(28)26-19(22(29)30)15(11-32-21(18)26)12-33-23(31)14-4-2-1-3-5-14/h1-9,18,21H,10-12H2,(H,25,27)(H,29,30)/t18-,21-/m1/s1. The van der Waals surface area contributed by atoms with Gasteiger partial charge in [-0.15, -0.1) is 11.8 Å². The zero-order valence-electron chi connectivity index (χ0n) is 17.2. The van der Waals surface area contributed by atoms with Gasteiger partial charge in [-0.2, -0.15) is 0 Å². The topological polar surface area (TPSA) is 104 Å². The molecule has 33 heavy (non-hydrogen) atoms. The third-order valence-corrected chi connectivity index (χ3v) is 7.81. The summed E-state index contributed by atoms with van der Waals surface area (Å²) < 4.78 is 0. The number of carbonyl (C=O) groups is 4. The van der Waals surface area contributed by atoms with Gasteiger partial charge in [-0.3, -0.25) is 19.3 Å². The van der Waals surface area contributed by atoms with Gasteiger partial charge in [0.25, 0.3) is 5.91 Å². The summed E-state index contributed by atoms with van der Waals surface area (Å²) in [5.41, 5.74) is 1.70. The summed E-state index contributed by atoms with van der Waals surface area (Å²) in [6, 6.07) is 14.8. The van der Waals surface area contributed by atoms with Gasteiger partial charge in [0.1, 0.15) is 17.1 Å². The first-order valence-corrected chi connectivity index (χ1v) is 12.4. The highest BCUT2D eigenvalue weighted by molar-refractivity contribution is 8.14. The lowest BCUT2D eigenvalue weighted by atomic mass is 10.0. The number of rotatable bonds is 7. The third kappa shape index (κ3) is 5.10. The SMILES string of the molecule is O=C(Cc1ccc(Cl)cc1)N[C@@H]1C(=O)N2C(C(=O)O)=C(CSC(=O)c3ccccc3)CS[C@H]12. The summed E-state index contributed by atoms with van der Waals surface area (Å²) in [5, 5.41) is 12.4. The van der Waals surface area contributed by atoms with Crippen molar-refractivity contribution in [3.05, 3.63) is 82.0 Å². The number of hydrogen-bond acceptors (Lipinski definition) is 6. The van der Waals surface area contributed by atoms with Crippen LogP contribution in [0.4, 0.5) is 0 Å². The molecule has 0 saturated carbocycles.